The van der Waals surface area contributed by atoms with Gasteiger partial charge >= 0.3 is 5.97 Å². The Hall–Kier alpha value is -1.33. The predicted octanol–water partition coefficient (Wildman–Crippen LogP) is 1.76. The molecule has 2 rings (SSSR count). The number of carbonyl (C=O) groups excluding carboxylic acids is 1. The molecule has 0 bridgehead atoms. The van der Waals surface area contributed by atoms with Gasteiger partial charge in [0.1, 0.15) is 11.4 Å². The van der Waals surface area contributed by atoms with Crippen LogP contribution in [-0.4, -0.2) is 42.2 Å². The predicted molar refractivity (Wildman–Crippen MR) is 69.9 cm³/mol. The van der Waals surface area contributed by atoms with Crippen molar-refractivity contribution in [1.29, 1.82) is 0 Å². The summed E-state index contributed by atoms with van der Waals surface area (Å²) in [5.74, 6) is 0.0722. The Morgan fingerprint density at radius 1 is 1.42 bits per heavy atom. The molecule has 1 aromatic heterocycles. The molecule has 0 aromatic carbocycles. The summed E-state index contributed by atoms with van der Waals surface area (Å²) in [6.45, 7) is 5.93. The largest absolute Gasteiger partial charge is 0.463 e. The molecule has 19 heavy (non-hydrogen) atoms. The molecule has 5 heteroatoms. The summed E-state index contributed by atoms with van der Waals surface area (Å²) < 4.78 is 10.0. The molecule has 2 heterocycles. The fourth-order valence-corrected chi connectivity index (χ4v) is 2.46. The summed E-state index contributed by atoms with van der Waals surface area (Å²) in [4.78, 5) is 13.7. The van der Waals surface area contributed by atoms with Crippen LogP contribution >= 0.6 is 0 Å². The number of nitrogens with zero attached hydrogens (tertiary/aromatic N) is 1. The van der Waals surface area contributed by atoms with Crippen molar-refractivity contribution in [3.05, 3.63) is 23.7 Å². The van der Waals surface area contributed by atoms with Crippen LogP contribution in [0.15, 0.2) is 16.5 Å². The highest BCUT2D eigenvalue weighted by Crippen LogP contribution is 2.34. The number of likely N-dealkylation sites (tertiary alicyclic amines) is 1. The number of carbonyl (C=O) groups is 1. The Bertz CT molecular complexity index is 444. The minimum atomic E-state index is -0.975. The third kappa shape index (κ3) is 2.82. The summed E-state index contributed by atoms with van der Waals surface area (Å²) in [5.41, 5.74) is -0.975. The molecule has 5 nitrogen and oxygen atoms in total. The molecule has 1 aliphatic heterocycles. The molecule has 106 valence electrons. The van der Waals surface area contributed by atoms with Gasteiger partial charge in [-0.15, -0.1) is 0 Å². The van der Waals surface area contributed by atoms with E-state index in [1.54, 1.807) is 12.1 Å². The van der Waals surface area contributed by atoms with Crippen molar-refractivity contribution >= 4 is 5.97 Å². The van der Waals surface area contributed by atoms with Gasteiger partial charge in [-0.1, -0.05) is 0 Å². The average Bonchev–Trinajstić information content (AvgIpc) is 2.88. The van der Waals surface area contributed by atoms with E-state index in [9.17, 15) is 9.90 Å². The van der Waals surface area contributed by atoms with Crippen LogP contribution in [0.3, 0.4) is 0 Å². The second-order valence-electron chi connectivity index (χ2n) is 5.32. The van der Waals surface area contributed by atoms with Gasteiger partial charge in [-0.3, -0.25) is 0 Å². The van der Waals surface area contributed by atoms with Gasteiger partial charge in [0.25, 0.3) is 0 Å². The first-order valence-corrected chi connectivity index (χ1v) is 6.61. The van der Waals surface area contributed by atoms with E-state index in [1.165, 1.54) is 7.11 Å². The number of hydrogen-bond acceptors (Lipinski definition) is 5. The van der Waals surface area contributed by atoms with Crippen molar-refractivity contribution in [3.63, 3.8) is 0 Å². The SMILES string of the molecule is COC(=O)c1ccc(C2(O)CCN(C(C)C)CC2)o1. The molecule has 0 atom stereocenters. The number of esters is 1. The number of methoxy groups -OCH3 is 1. The number of rotatable bonds is 3. The van der Waals surface area contributed by atoms with E-state index in [0.717, 1.165) is 13.1 Å². The van der Waals surface area contributed by atoms with Gasteiger partial charge < -0.3 is 19.2 Å². The molecule has 1 saturated heterocycles. The van der Waals surface area contributed by atoms with Crippen LogP contribution in [0.1, 0.15) is 43.0 Å². The summed E-state index contributed by atoms with van der Waals surface area (Å²) in [6, 6.07) is 3.69. The number of ether oxygens (including phenoxy) is 1. The summed E-state index contributed by atoms with van der Waals surface area (Å²) in [7, 11) is 1.31. The fourth-order valence-electron chi connectivity index (χ4n) is 2.46. The van der Waals surface area contributed by atoms with Crippen LogP contribution in [0.5, 0.6) is 0 Å². The molecule has 1 N–H and O–H groups in total. The van der Waals surface area contributed by atoms with Crippen LogP contribution in [0.25, 0.3) is 0 Å². The van der Waals surface area contributed by atoms with E-state index >= 15 is 0 Å². The monoisotopic (exact) mass is 267 g/mol. The molecule has 0 saturated carbocycles. The van der Waals surface area contributed by atoms with Crippen molar-refractivity contribution in [2.45, 2.75) is 38.3 Å². The van der Waals surface area contributed by atoms with E-state index in [4.69, 9.17) is 4.42 Å². The van der Waals surface area contributed by atoms with E-state index in [-0.39, 0.29) is 5.76 Å². The standard InChI is InChI=1S/C14H21NO4/c1-10(2)15-8-6-14(17,7-9-15)12-5-4-11(19-12)13(16)18-3/h4-5,10,17H,6-9H2,1-3H3. The number of aliphatic hydroxyl groups is 1. The van der Waals surface area contributed by atoms with Crippen LogP contribution in [0, 0.1) is 0 Å². The zero-order valence-corrected chi connectivity index (χ0v) is 11.7. The van der Waals surface area contributed by atoms with Crippen molar-refractivity contribution in [2.24, 2.45) is 0 Å². The zero-order valence-electron chi connectivity index (χ0n) is 11.7. The Kier molecular flexibility index (Phi) is 3.96. The first-order valence-electron chi connectivity index (χ1n) is 6.61. The minimum absolute atomic E-state index is 0.136. The minimum Gasteiger partial charge on any atom is -0.463 e. The average molecular weight is 267 g/mol. The van der Waals surface area contributed by atoms with Gasteiger partial charge in [-0.05, 0) is 38.8 Å². The van der Waals surface area contributed by atoms with Crippen LogP contribution < -0.4 is 0 Å². The third-order valence-corrected chi connectivity index (χ3v) is 3.81. The highest BCUT2D eigenvalue weighted by atomic mass is 16.5. The maximum atomic E-state index is 11.3. The van der Waals surface area contributed by atoms with Crippen LogP contribution in [-0.2, 0) is 10.3 Å². The summed E-state index contributed by atoms with van der Waals surface area (Å²) in [6.07, 6.45) is 1.22. The zero-order chi connectivity index (χ0) is 14.0. The Labute approximate surface area is 113 Å². The van der Waals surface area contributed by atoms with Gasteiger partial charge in [-0.2, -0.15) is 0 Å². The van der Waals surface area contributed by atoms with Gasteiger partial charge in [0.05, 0.1) is 7.11 Å². The first-order chi connectivity index (χ1) is 8.96. The normalized spacial score (nSPS) is 19.6. The van der Waals surface area contributed by atoms with E-state index in [2.05, 4.69) is 23.5 Å². The second-order valence-corrected chi connectivity index (χ2v) is 5.32. The smallest absolute Gasteiger partial charge is 0.373 e. The van der Waals surface area contributed by atoms with Gasteiger partial charge in [0.15, 0.2) is 0 Å². The van der Waals surface area contributed by atoms with Gasteiger partial charge in [0.2, 0.25) is 5.76 Å². The van der Waals surface area contributed by atoms with Gasteiger partial charge in [-0.25, -0.2) is 4.79 Å². The van der Waals surface area contributed by atoms with Crippen molar-refractivity contribution in [2.75, 3.05) is 20.2 Å². The molecule has 1 fully saturated rings. The molecule has 0 aliphatic carbocycles. The lowest BCUT2D eigenvalue weighted by Crippen LogP contribution is -2.45. The van der Waals surface area contributed by atoms with E-state index in [0.29, 0.717) is 24.6 Å². The maximum absolute atomic E-state index is 11.3. The van der Waals surface area contributed by atoms with Crippen LogP contribution in [0.4, 0.5) is 0 Å². The molecule has 0 radical (unpaired) electrons. The van der Waals surface area contributed by atoms with E-state index in [1.807, 2.05) is 0 Å². The molecule has 1 aromatic rings. The topological polar surface area (TPSA) is 62.9 Å². The molecular formula is C14H21NO4. The molecule has 1 aliphatic rings. The maximum Gasteiger partial charge on any atom is 0.373 e. The second kappa shape index (κ2) is 5.35. The number of furan rings is 1. The van der Waals surface area contributed by atoms with E-state index < -0.39 is 11.6 Å². The highest BCUT2D eigenvalue weighted by molar-refractivity contribution is 5.86. The number of hydrogen-bond donors (Lipinski definition) is 1. The lowest BCUT2D eigenvalue weighted by atomic mass is 9.88. The van der Waals surface area contributed by atoms with Gasteiger partial charge in [0, 0.05) is 19.1 Å². The van der Waals surface area contributed by atoms with Crippen molar-refractivity contribution in [1.82, 2.24) is 4.90 Å². The number of piperidine rings is 1. The summed E-state index contributed by atoms with van der Waals surface area (Å²) in [5, 5.41) is 10.6. The highest BCUT2D eigenvalue weighted by Gasteiger charge is 2.37. The molecule has 0 amide bonds. The third-order valence-electron chi connectivity index (χ3n) is 3.81. The summed E-state index contributed by atoms with van der Waals surface area (Å²) >= 11 is 0. The molecule has 0 spiro atoms. The molecular weight excluding hydrogens is 246 g/mol. The quantitative estimate of drug-likeness (QED) is 0.845. The first kappa shape index (κ1) is 14.1. The Balaban J connectivity index is 2.09. The van der Waals surface area contributed by atoms with Crippen molar-refractivity contribution in [3.8, 4) is 0 Å². The molecule has 0 unspecified atom stereocenters. The lowest BCUT2D eigenvalue weighted by Gasteiger charge is -2.38. The lowest BCUT2D eigenvalue weighted by molar-refractivity contribution is -0.0482. The Morgan fingerprint density at radius 3 is 2.58 bits per heavy atom. The van der Waals surface area contributed by atoms with Crippen LogP contribution in [0.2, 0.25) is 0 Å². The Morgan fingerprint density at radius 2 is 2.05 bits per heavy atom. The van der Waals surface area contributed by atoms with Crippen molar-refractivity contribution < 1.29 is 19.1 Å². The fraction of sp³-hybridized carbons (Fsp3) is 0.643.